The molecule has 1 atom stereocenters. The van der Waals surface area contributed by atoms with Crippen LogP contribution in [0.1, 0.15) is 41.5 Å². The normalized spacial score (nSPS) is 18.7. The van der Waals surface area contributed by atoms with Crippen molar-refractivity contribution < 1.29 is 14.4 Å². The molecule has 0 unspecified atom stereocenters. The Balaban J connectivity index is 2.72. The van der Waals surface area contributed by atoms with Crippen molar-refractivity contribution in [2.45, 2.75) is 53.1 Å². The van der Waals surface area contributed by atoms with Crippen LogP contribution in [0, 0.1) is 5.41 Å². The lowest BCUT2D eigenvalue weighted by Gasteiger charge is -2.32. The van der Waals surface area contributed by atoms with Crippen LogP contribution in [0.25, 0.3) is 0 Å². The van der Waals surface area contributed by atoms with Crippen LogP contribution in [0.3, 0.4) is 0 Å². The monoisotopic (exact) mass is 343 g/mol. The van der Waals surface area contributed by atoms with Crippen molar-refractivity contribution >= 4 is 29.5 Å². The highest BCUT2D eigenvalue weighted by atomic mass is 32.2. The van der Waals surface area contributed by atoms with E-state index in [9.17, 15) is 14.4 Å². The van der Waals surface area contributed by atoms with E-state index in [1.807, 2.05) is 41.5 Å². The molecule has 1 rings (SSSR count). The number of rotatable bonds is 3. The van der Waals surface area contributed by atoms with Gasteiger partial charge in [0.25, 0.3) is 0 Å². The zero-order chi connectivity index (χ0) is 18.0. The molecule has 1 aliphatic rings. The van der Waals surface area contributed by atoms with Crippen molar-refractivity contribution in [1.82, 2.24) is 15.1 Å². The lowest BCUT2D eigenvalue weighted by atomic mass is 9.94. The van der Waals surface area contributed by atoms with E-state index in [4.69, 9.17) is 0 Å². The van der Waals surface area contributed by atoms with Gasteiger partial charge < -0.3 is 15.1 Å². The molecule has 1 heterocycles. The van der Waals surface area contributed by atoms with Crippen molar-refractivity contribution in [3.8, 4) is 0 Å². The van der Waals surface area contributed by atoms with Crippen LogP contribution in [0.4, 0.5) is 0 Å². The van der Waals surface area contributed by atoms with E-state index in [0.29, 0.717) is 11.6 Å². The second kappa shape index (κ2) is 7.11. The van der Waals surface area contributed by atoms with Gasteiger partial charge in [-0.3, -0.25) is 14.4 Å². The van der Waals surface area contributed by atoms with Crippen molar-refractivity contribution in [2.75, 3.05) is 25.2 Å². The molecule has 0 aromatic heterocycles. The second-order valence-corrected chi connectivity index (χ2v) is 9.03. The Hall–Kier alpha value is -1.24. The maximum Gasteiger partial charge on any atom is 0.246 e. The highest BCUT2D eigenvalue weighted by Gasteiger charge is 2.40. The summed E-state index contributed by atoms with van der Waals surface area (Å²) in [5.74, 6) is 0.679. The topological polar surface area (TPSA) is 69.7 Å². The first kappa shape index (κ1) is 19.8. The first-order valence-corrected chi connectivity index (χ1v) is 8.93. The van der Waals surface area contributed by atoms with Gasteiger partial charge in [-0.1, -0.05) is 20.8 Å². The third-order valence-electron chi connectivity index (χ3n) is 3.34. The summed E-state index contributed by atoms with van der Waals surface area (Å²) in [6.45, 7) is 11.2. The van der Waals surface area contributed by atoms with E-state index in [1.54, 1.807) is 23.7 Å². The zero-order valence-corrected chi connectivity index (χ0v) is 16.0. The molecule has 1 N–H and O–H groups in total. The third kappa shape index (κ3) is 5.71. The molecule has 0 aromatic carbocycles. The average molecular weight is 343 g/mol. The van der Waals surface area contributed by atoms with Gasteiger partial charge in [-0.25, -0.2) is 0 Å². The molecule has 0 aliphatic carbocycles. The molecule has 0 saturated carbocycles. The predicted molar refractivity (Wildman–Crippen MR) is 92.9 cm³/mol. The van der Waals surface area contributed by atoms with Crippen molar-refractivity contribution in [3.05, 3.63) is 0 Å². The molecule has 0 bridgehead atoms. The highest BCUT2D eigenvalue weighted by Crippen LogP contribution is 2.28. The fraction of sp³-hybridized carbons (Fsp3) is 0.812. The standard InChI is InChI=1S/C16H29N3O3S/c1-15(2,3)14(22)19-10-23-9-11(19)13(21)18(7)8-12(20)17-16(4,5)6/h11H,8-10H2,1-7H3,(H,17,20)/t11-/m1/s1. The zero-order valence-electron chi connectivity index (χ0n) is 15.2. The third-order valence-corrected chi connectivity index (χ3v) is 4.35. The SMILES string of the molecule is CN(CC(=O)NC(C)(C)C)C(=O)[C@H]1CSCN1C(=O)C(C)(C)C. The van der Waals surface area contributed by atoms with Gasteiger partial charge >= 0.3 is 0 Å². The maximum absolute atomic E-state index is 12.6. The summed E-state index contributed by atoms with van der Waals surface area (Å²) < 4.78 is 0. The Labute approximate surface area is 143 Å². The minimum atomic E-state index is -0.522. The van der Waals surface area contributed by atoms with E-state index in [1.165, 1.54) is 4.90 Å². The smallest absolute Gasteiger partial charge is 0.246 e. The summed E-state index contributed by atoms with van der Waals surface area (Å²) in [5.41, 5.74) is -0.857. The van der Waals surface area contributed by atoms with E-state index in [2.05, 4.69) is 5.32 Å². The van der Waals surface area contributed by atoms with Gasteiger partial charge in [0.05, 0.1) is 12.4 Å². The first-order chi connectivity index (χ1) is 10.3. The van der Waals surface area contributed by atoms with Gasteiger partial charge in [0, 0.05) is 23.8 Å². The van der Waals surface area contributed by atoms with Crippen molar-refractivity contribution in [1.29, 1.82) is 0 Å². The summed E-state index contributed by atoms with van der Waals surface area (Å²) in [4.78, 5) is 40.1. The highest BCUT2D eigenvalue weighted by molar-refractivity contribution is 7.99. The van der Waals surface area contributed by atoms with Crippen LogP contribution in [0.15, 0.2) is 0 Å². The van der Waals surface area contributed by atoms with Crippen LogP contribution in [0.5, 0.6) is 0 Å². The summed E-state index contributed by atoms with van der Waals surface area (Å²) in [6, 6.07) is -0.487. The van der Waals surface area contributed by atoms with Crippen LogP contribution < -0.4 is 5.32 Å². The minimum absolute atomic E-state index is 0.00514. The first-order valence-electron chi connectivity index (χ1n) is 7.78. The van der Waals surface area contributed by atoms with Crippen LogP contribution >= 0.6 is 11.8 Å². The van der Waals surface area contributed by atoms with E-state index >= 15 is 0 Å². The van der Waals surface area contributed by atoms with Crippen molar-refractivity contribution in [3.63, 3.8) is 0 Å². The van der Waals surface area contributed by atoms with Gasteiger partial charge in [-0.15, -0.1) is 11.8 Å². The lowest BCUT2D eigenvalue weighted by Crippen LogP contribution is -2.53. The molecular weight excluding hydrogens is 314 g/mol. The number of carbonyl (C=O) groups is 3. The summed E-state index contributed by atoms with van der Waals surface area (Å²) in [7, 11) is 1.60. The van der Waals surface area contributed by atoms with Gasteiger partial charge in [0.1, 0.15) is 6.04 Å². The molecule has 23 heavy (non-hydrogen) atoms. The van der Waals surface area contributed by atoms with Crippen LogP contribution in [-0.4, -0.2) is 64.3 Å². The summed E-state index contributed by atoms with van der Waals surface area (Å²) >= 11 is 1.57. The number of nitrogens with one attached hydrogen (secondary N) is 1. The number of thioether (sulfide) groups is 1. The predicted octanol–water partition coefficient (Wildman–Crippen LogP) is 1.31. The molecule has 1 aliphatic heterocycles. The molecule has 1 fully saturated rings. The van der Waals surface area contributed by atoms with E-state index < -0.39 is 11.5 Å². The number of likely N-dealkylation sites (N-methyl/N-ethyl adjacent to an activating group) is 1. The van der Waals surface area contributed by atoms with Crippen LogP contribution in [0.2, 0.25) is 0 Å². The largest absolute Gasteiger partial charge is 0.350 e. The molecule has 1 saturated heterocycles. The van der Waals surface area contributed by atoms with Crippen LogP contribution in [-0.2, 0) is 14.4 Å². The Morgan fingerprint density at radius 2 is 1.74 bits per heavy atom. The van der Waals surface area contributed by atoms with Gasteiger partial charge in [-0.2, -0.15) is 0 Å². The quantitative estimate of drug-likeness (QED) is 0.839. The second-order valence-electron chi connectivity index (χ2n) is 8.03. The summed E-state index contributed by atoms with van der Waals surface area (Å²) in [6.07, 6.45) is 0. The molecule has 6 nitrogen and oxygen atoms in total. The Kier molecular flexibility index (Phi) is 6.12. The van der Waals surface area contributed by atoms with E-state index in [0.717, 1.165) is 0 Å². The number of amides is 3. The lowest BCUT2D eigenvalue weighted by molar-refractivity contribution is -0.148. The average Bonchev–Trinajstić information content (AvgIpc) is 2.81. The number of hydrogen-bond donors (Lipinski definition) is 1. The fourth-order valence-corrected chi connectivity index (χ4v) is 3.43. The number of nitrogens with zero attached hydrogens (tertiary/aromatic N) is 2. The molecule has 3 amide bonds. The summed E-state index contributed by atoms with van der Waals surface area (Å²) in [5, 5.41) is 2.84. The molecule has 0 radical (unpaired) electrons. The Morgan fingerprint density at radius 1 is 1.17 bits per heavy atom. The minimum Gasteiger partial charge on any atom is -0.350 e. The molecule has 0 spiro atoms. The molecule has 7 heteroatoms. The maximum atomic E-state index is 12.6. The Morgan fingerprint density at radius 3 is 2.22 bits per heavy atom. The van der Waals surface area contributed by atoms with Gasteiger partial charge in [0.15, 0.2) is 0 Å². The number of hydrogen-bond acceptors (Lipinski definition) is 4. The van der Waals surface area contributed by atoms with E-state index in [-0.39, 0.29) is 29.8 Å². The molecule has 0 aromatic rings. The van der Waals surface area contributed by atoms with Crippen molar-refractivity contribution in [2.24, 2.45) is 5.41 Å². The van der Waals surface area contributed by atoms with Gasteiger partial charge in [-0.05, 0) is 20.8 Å². The molecular formula is C16H29N3O3S. The fourth-order valence-electron chi connectivity index (χ4n) is 2.28. The number of carbonyl (C=O) groups excluding carboxylic acids is 3. The van der Waals surface area contributed by atoms with Gasteiger partial charge in [0.2, 0.25) is 17.7 Å². The molecule has 132 valence electrons. The Bertz CT molecular complexity index is 480.